The van der Waals surface area contributed by atoms with Crippen molar-refractivity contribution < 1.29 is 14.3 Å². The van der Waals surface area contributed by atoms with Gasteiger partial charge in [0.15, 0.2) is 17.3 Å². The van der Waals surface area contributed by atoms with Crippen LogP contribution in [0.5, 0.6) is 11.5 Å². The minimum Gasteiger partial charge on any atom is -0.454 e. The minimum atomic E-state index is -0.118. The summed E-state index contributed by atoms with van der Waals surface area (Å²) in [7, 11) is 0. The van der Waals surface area contributed by atoms with E-state index in [0.717, 1.165) is 52.5 Å². The van der Waals surface area contributed by atoms with Crippen LogP contribution in [0.15, 0.2) is 35.4 Å². The van der Waals surface area contributed by atoms with Crippen molar-refractivity contribution in [1.29, 1.82) is 0 Å². The van der Waals surface area contributed by atoms with Crippen molar-refractivity contribution in [2.45, 2.75) is 39.7 Å². The Balaban J connectivity index is 1.35. The molecule has 162 valence electrons. The number of carbonyl (C=O) groups excluding carboxylic acids is 1. The molecule has 7 nitrogen and oxygen atoms in total. The summed E-state index contributed by atoms with van der Waals surface area (Å²) in [6.45, 7) is 4.06. The first-order valence-electron chi connectivity index (χ1n) is 10.6. The predicted molar refractivity (Wildman–Crippen MR) is 122 cm³/mol. The average Bonchev–Trinajstić information content (AvgIpc) is 3.53. The molecular formula is C24H21N3O4S. The summed E-state index contributed by atoms with van der Waals surface area (Å²) in [6, 6.07) is 7.61. The predicted octanol–water partition coefficient (Wildman–Crippen LogP) is 3.97. The number of nitrogens with zero attached hydrogens (tertiary/aromatic N) is 3. The molecule has 0 bridgehead atoms. The zero-order valence-corrected chi connectivity index (χ0v) is 18.6. The van der Waals surface area contributed by atoms with E-state index < -0.39 is 0 Å². The molecule has 0 N–H and O–H groups in total. The number of thiophene rings is 1. The standard InChI is InChI=1S/C24H21N3O4S/c1-13-8-17(14(2)27(13)15-6-7-19-20(9-15)31-12-30-19)18(28)10-26-11-25-23-22(24(26)29)16-4-3-5-21(16)32-23/h6-9,11H,3-5,10,12H2,1-2H3. The Labute approximate surface area is 187 Å². The van der Waals surface area contributed by atoms with E-state index >= 15 is 0 Å². The number of benzene rings is 1. The summed E-state index contributed by atoms with van der Waals surface area (Å²) in [5.74, 6) is 1.30. The van der Waals surface area contributed by atoms with Crippen LogP contribution in [0.25, 0.3) is 15.9 Å². The number of hydrogen-bond acceptors (Lipinski definition) is 6. The van der Waals surface area contributed by atoms with Crippen LogP contribution in [0.2, 0.25) is 0 Å². The smallest absolute Gasteiger partial charge is 0.262 e. The van der Waals surface area contributed by atoms with E-state index in [-0.39, 0.29) is 24.7 Å². The number of carbonyl (C=O) groups is 1. The van der Waals surface area contributed by atoms with E-state index in [1.165, 1.54) is 15.8 Å². The number of Topliss-reactive ketones (excluding diaryl/α,β-unsaturated/α-hetero) is 1. The number of ketones is 1. The summed E-state index contributed by atoms with van der Waals surface area (Å²) < 4.78 is 14.4. The summed E-state index contributed by atoms with van der Waals surface area (Å²) >= 11 is 1.61. The number of aromatic nitrogens is 3. The SMILES string of the molecule is Cc1cc(C(=O)Cn2cnc3sc4c(c3c2=O)CCC4)c(C)n1-c1ccc2c(c1)OCO2. The average molecular weight is 448 g/mol. The fourth-order valence-corrected chi connectivity index (χ4v) is 6.06. The zero-order valence-electron chi connectivity index (χ0n) is 17.8. The molecule has 0 spiro atoms. The highest BCUT2D eigenvalue weighted by Gasteiger charge is 2.23. The highest BCUT2D eigenvalue weighted by Crippen LogP contribution is 2.36. The van der Waals surface area contributed by atoms with Gasteiger partial charge in [-0.25, -0.2) is 4.98 Å². The third-order valence-electron chi connectivity index (χ3n) is 6.35. The number of rotatable bonds is 4. The normalized spacial score (nSPS) is 14.3. The van der Waals surface area contributed by atoms with Gasteiger partial charge in [-0.1, -0.05) is 0 Å². The molecule has 0 saturated heterocycles. The molecule has 0 atom stereocenters. The molecular weight excluding hydrogens is 426 g/mol. The van der Waals surface area contributed by atoms with E-state index in [9.17, 15) is 9.59 Å². The maximum Gasteiger partial charge on any atom is 0.262 e. The minimum absolute atomic E-state index is 0.0299. The summed E-state index contributed by atoms with van der Waals surface area (Å²) in [4.78, 5) is 32.9. The third-order valence-corrected chi connectivity index (χ3v) is 7.55. The van der Waals surface area contributed by atoms with E-state index in [0.29, 0.717) is 16.7 Å². The second-order valence-corrected chi connectivity index (χ2v) is 9.38. The molecule has 4 aromatic rings. The molecule has 0 amide bonds. The largest absolute Gasteiger partial charge is 0.454 e. The molecule has 1 aliphatic heterocycles. The van der Waals surface area contributed by atoms with E-state index in [1.54, 1.807) is 11.3 Å². The Bertz CT molecular complexity index is 1480. The first-order valence-corrected chi connectivity index (χ1v) is 11.4. The Kier molecular flexibility index (Phi) is 4.26. The molecule has 32 heavy (non-hydrogen) atoms. The van der Waals surface area contributed by atoms with Gasteiger partial charge >= 0.3 is 0 Å². The summed E-state index contributed by atoms with van der Waals surface area (Å²) in [5.41, 5.74) is 4.27. The van der Waals surface area contributed by atoms with Crippen LogP contribution < -0.4 is 15.0 Å². The number of hydrogen-bond donors (Lipinski definition) is 0. The molecule has 8 heteroatoms. The monoisotopic (exact) mass is 447 g/mol. The lowest BCUT2D eigenvalue weighted by molar-refractivity contribution is 0.0970. The van der Waals surface area contributed by atoms with E-state index in [1.807, 2.05) is 42.7 Å². The Morgan fingerprint density at radius 2 is 2.00 bits per heavy atom. The lowest BCUT2D eigenvalue weighted by Crippen LogP contribution is -2.25. The van der Waals surface area contributed by atoms with Crippen molar-refractivity contribution in [2.75, 3.05) is 6.79 Å². The van der Waals surface area contributed by atoms with Crippen molar-refractivity contribution >= 4 is 27.3 Å². The summed E-state index contributed by atoms with van der Waals surface area (Å²) in [6.07, 6.45) is 4.52. The Hall–Kier alpha value is -3.39. The fraction of sp³-hybridized carbons (Fsp3) is 0.292. The van der Waals surface area contributed by atoms with Crippen molar-refractivity contribution in [3.63, 3.8) is 0 Å². The number of fused-ring (bicyclic) bond motifs is 4. The Morgan fingerprint density at radius 1 is 1.16 bits per heavy atom. The molecule has 4 heterocycles. The van der Waals surface area contributed by atoms with Gasteiger partial charge in [0.2, 0.25) is 6.79 Å². The van der Waals surface area contributed by atoms with Crippen LogP contribution in [0.4, 0.5) is 0 Å². The zero-order chi connectivity index (χ0) is 22.0. The molecule has 3 aromatic heterocycles. The van der Waals surface area contributed by atoms with Crippen molar-refractivity contribution in [3.05, 3.63) is 68.3 Å². The maximum absolute atomic E-state index is 13.2. The number of aryl methyl sites for hydroxylation is 3. The van der Waals surface area contributed by atoms with Crippen molar-refractivity contribution in [1.82, 2.24) is 14.1 Å². The highest BCUT2D eigenvalue weighted by atomic mass is 32.1. The van der Waals surface area contributed by atoms with Crippen molar-refractivity contribution in [2.24, 2.45) is 0 Å². The van der Waals surface area contributed by atoms with E-state index in [2.05, 4.69) is 4.98 Å². The third kappa shape index (κ3) is 2.82. The van der Waals surface area contributed by atoms with Gasteiger partial charge in [0.1, 0.15) is 4.83 Å². The van der Waals surface area contributed by atoms with Gasteiger partial charge < -0.3 is 14.0 Å². The van der Waals surface area contributed by atoms with Crippen LogP contribution in [0, 0.1) is 13.8 Å². The van der Waals surface area contributed by atoms with Crippen LogP contribution in [-0.2, 0) is 19.4 Å². The van der Waals surface area contributed by atoms with Gasteiger partial charge in [-0.15, -0.1) is 11.3 Å². The molecule has 6 rings (SSSR count). The first kappa shape index (κ1) is 19.3. The maximum atomic E-state index is 13.2. The quantitative estimate of drug-likeness (QED) is 0.443. The molecule has 0 radical (unpaired) electrons. The van der Waals surface area contributed by atoms with Gasteiger partial charge in [-0.3, -0.25) is 14.2 Å². The molecule has 2 aliphatic rings. The van der Waals surface area contributed by atoms with Crippen LogP contribution in [0.1, 0.15) is 38.6 Å². The highest BCUT2D eigenvalue weighted by molar-refractivity contribution is 7.18. The van der Waals surface area contributed by atoms with Gasteiger partial charge in [0.25, 0.3) is 5.56 Å². The van der Waals surface area contributed by atoms with Gasteiger partial charge in [0, 0.05) is 33.6 Å². The van der Waals surface area contributed by atoms with Crippen LogP contribution >= 0.6 is 11.3 Å². The molecule has 1 aromatic carbocycles. The lowest BCUT2D eigenvalue weighted by Gasteiger charge is -2.11. The topological polar surface area (TPSA) is 75.4 Å². The fourth-order valence-electron chi connectivity index (χ4n) is 4.84. The first-order chi connectivity index (χ1) is 15.5. The summed E-state index contributed by atoms with van der Waals surface area (Å²) in [5, 5.41) is 0.698. The number of ether oxygens (including phenoxy) is 2. The molecule has 1 aliphatic carbocycles. The Morgan fingerprint density at radius 3 is 2.88 bits per heavy atom. The second kappa shape index (κ2) is 7.06. The molecule has 0 fully saturated rings. The lowest BCUT2D eigenvalue weighted by atomic mass is 10.1. The molecule has 0 saturated carbocycles. The van der Waals surface area contributed by atoms with Gasteiger partial charge in [-0.2, -0.15) is 0 Å². The second-order valence-electron chi connectivity index (χ2n) is 8.30. The van der Waals surface area contributed by atoms with Crippen molar-refractivity contribution in [3.8, 4) is 17.2 Å². The molecule has 0 unspecified atom stereocenters. The van der Waals surface area contributed by atoms with Gasteiger partial charge in [0.05, 0.1) is 18.3 Å². The van der Waals surface area contributed by atoms with Crippen LogP contribution in [0.3, 0.4) is 0 Å². The van der Waals surface area contributed by atoms with Crippen LogP contribution in [-0.4, -0.2) is 26.7 Å². The van der Waals surface area contributed by atoms with Gasteiger partial charge in [-0.05, 0) is 56.9 Å². The van der Waals surface area contributed by atoms with E-state index in [4.69, 9.17) is 9.47 Å².